The molecule has 6 heteroatoms. The average Bonchev–Trinajstić information content (AvgIpc) is 2.47. The van der Waals surface area contributed by atoms with Crippen molar-refractivity contribution in [2.24, 2.45) is 0 Å². The molecule has 2 aromatic rings. The van der Waals surface area contributed by atoms with Gasteiger partial charge in [-0.05, 0) is 43.7 Å². The van der Waals surface area contributed by atoms with Crippen molar-refractivity contribution in [1.29, 1.82) is 0 Å². The van der Waals surface area contributed by atoms with Crippen LogP contribution in [0, 0.1) is 0 Å². The number of anilines is 1. The second kappa shape index (κ2) is 7.66. The topological polar surface area (TPSA) is 63.2 Å². The minimum Gasteiger partial charge on any atom is -0.473 e. The molecule has 0 saturated carbocycles. The standard InChI is InChI=1S/C16H18ClN3O2/c1-11(2)22-15-14(7-4-8-18-15)20-16(21)19-10-12-5-3-6-13(17)9-12/h3-9,11H,10H2,1-2H3,(H2,19,20,21). The first-order chi connectivity index (χ1) is 10.5. The van der Waals surface area contributed by atoms with Crippen LogP contribution in [-0.2, 0) is 6.54 Å². The number of amides is 2. The smallest absolute Gasteiger partial charge is 0.319 e. The summed E-state index contributed by atoms with van der Waals surface area (Å²) in [6.07, 6.45) is 1.59. The van der Waals surface area contributed by atoms with Gasteiger partial charge < -0.3 is 15.4 Å². The van der Waals surface area contributed by atoms with Crippen LogP contribution < -0.4 is 15.4 Å². The van der Waals surface area contributed by atoms with Crippen molar-refractivity contribution in [3.8, 4) is 5.88 Å². The van der Waals surface area contributed by atoms with Gasteiger partial charge in [0.1, 0.15) is 5.69 Å². The number of benzene rings is 1. The summed E-state index contributed by atoms with van der Waals surface area (Å²) in [5.74, 6) is 0.399. The summed E-state index contributed by atoms with van der Waals surface area (Å²) in [7, 11) is 0. The molecule has 0 aliphatic heterocycles. The van der Waals surface area contributed by atoms with Crippen LogP contribution in [-0.4, -0.2) is 17.1 Å². The fourth-order valence-electron chi connectivity index (χ4n) is 1.80. The fraction of sp³-hybridized carbons (Fsp3) is 0.250. The van der Waals surface area contributed by atoms with Crippen LogP contribution in [0.25, 0.3) is 0 Å². The molecule has 0 aliphatic rings. The van der Waals surface area contributed by atoms with Crippen LogP contribution in [0.3, 0.4) is 0 Å². The molecule has 0 bridgehead atoms. The molecule has 0 atom stereocenters. The van der Waals surface area contributed by atoms with Gasteiger partial charge in [-0.2, -0.15) is 0 Å². The molecule has 2 amide bonds. The first kappa shape index (κ1) is 16.1. The monoisotopic (exact) mass is 319 g/mol. The molecule has 5 nitrogen and oxygen atoms in total. The SMILES string of the molecule is CC(C)Oc1ncccc1NC(=O)NCc1cccc(Cl)c1. The van der Waals surface area contributed by atoms with Gasteiger partial charge in [-0.1, -0.05) is 23.7 Å². The number of nitrogens with zero attached hydrogens (tertiary/aromatic N) is 1. The van der Waals surface area contributed by atoms with E-state index in [4.69, 9.17) is 16.3 Å². The molecule has 0 aliphatic carbocycles. The van der Waals surface area contributed by atoms with Crippen molar-refractivity contribution in [2.45, 2.75) is 26.5 Å². The van der Waals surface area contributed by atoms with Gasteiger partial charge in [-0.3, -0.25) is 0 Å². The van der Waals surface area contributed by atoms with Gasteiger partial charge in [0.25, 0.3) is 0 Å². The molecular weight excluding hydrogens is 302 g/mol. The molecule has 0 spiro atoms. The van der Waals surface area contributed by atoms with Crippen LogP contribution in [0.1, 0.15) is 19.4 Å². The maximum atomic E-state index is 12.0. The summed E-state index contributed by atoms with van der Waals surface area (Å²) in [5, 5.41) is 6.13. The number of urea groups is 1. The number of nitrogens with one attached hydrogen (secondary N) is 2. The molecule has 1 aromatic carbocycles. The summed E-state index contributed by atoms with van der Waals surface area (Å²) >= 11 is 5.91. The minimum absolute atomic E-state index is 0.0232. The molecule has 2 N–H and O–H groups in total. The lowest BCUT2D eigenvalue weighted by Crippen LogP contribution is -2.28. The quantitative estimate of drug-likeness (QED) is 0.880. The van der Waals surface area contributed by atoms with Gasteiger partial charge in [-0.25, -0.2) is 9.78 Å². The van der Waals surface area contributed by atoms with Crippen molar-refractivity contribution in [1.82, 2.24) is 10.3 Å². The van der Waals surface area contributed by atoms with E-state index in [-0.39, 0.29) is 12.1 Å². The van der Waals surface area contributed by atoms with E-state index in [9.17, 15) is 4.79 Å². The Morgan fingerprint density at radius 2 is 2.14 bits per heavy atom. The Balaban J connectivity index is 1.95. The number of halogens is 1. The second-order valence-electron chi connectivity index (χ2n) is 4.96. The van der Waals surface area contributed by atoms with Crippen molar-refractivity contribution < 1.29 is 9.53 Å². The Labute approximate surface area is 134 Å². The highest BCUT2D eigenvalue weighted by atomic mass is 35.5. The fourth-order valence-corrected chi connectivity index (χ4v) is 2.01. The zero-order valence-corrected chi connectivity index (χ0v) is 13.2. The van der Waals surface area contributed by atoms with E-state index in [0.29, 0.717) is 23.1 Å². The third kappa shape index (κ3) is 4.93. The molecule has 22 heavy (non-hydrogen) atoms. The maximum absolute atomic E-state index is 12.0. The van der Waals surface area contributed by atoms with E-state index in [1.807, 2.05) is 26.0 Å². The van der Waals surface area contributed by atoms with Gasteiger partial charge in [0, 0.05) is 17.8 Å². The summed E-state index contributed by atoms with van der Waals surface area (Å²) < 4.78 is 5.55. The molecule has 1 aromatic heterocycles. The Kier molecular flexibility index (Phi) is 5.61. The highest BCUT2D eigenvalue weighted by Crippen LogP contribution is 2.21. The number of carbonyl (C=O) groups is 1. The Morgan fingerprint density at radius 3 is 2.86 bits per heavy atom. The molecule has 0 saturated heterocycles. The second-order valence-corrected chi connectivity index (χ2v) is 5.40. The molecular formula is C16H18ClN3O2. The van der Waals surface area contributed by atoms with Crippen LogP contribution in [0.2, 0.25) is 5.02 Å². The molecule has 0 unspecified atom stereocenters. The van der Waals surface area contributed by atoms with Crippen molar-refractivity contribution in [3.63, 3.8) is 0 Å². The highest BCUT2D eigenvalue weighted by Gasteiger charge is 2.09. The number of pyridine rings is 1. The number of hydrogen-bond donors (Lipinski definition) is 2. The lowest BCUT2D eigenvalue weighted by atomic mass is 10.2. The number of hydrogen-bond acceptors (Lipinski definition) is 3. The Morgan fingerprint density at radius 1 is 1.32 bits per heavy atom. The third-order valence-electron chi connectivity index (χ3n) is 2.71. The summed E-state index contributed by atoms with van der Waals surface area (Å²) in [5.41, 5.74) is 1.45. The minimum atomic E-state index is -0.332. The van der Waals surface area contributed by atoms with Crippen LogP contribution in [0.4, 0.5) is 10.5 Å². The van der Waals surface area contributed by atoms with E-state index in [1.54, 1.807) is 30.5 Å². The largest absolute Gasteiger partial charge is 0.473 e. The van der Waals surface area contributed by atoms with Gasteiger partial charge in [0.15, 0.2) is 0 Å². The molecule has 116 valence electrons. The number of carbonyl (C=O) groups excluding carboxylic acids is 1. The van der Waals surface area contributed by atoms with Gasteiger partial charge >= 0.3 is 6.03 Å². The van der Waals surface area contributed by atoms with Crippen molar-refractivity contribution >= 4 is 23.3 Å². The molecule has 2 rings (SSSR count). The number of aromatic nitrogens is 1. The average molecular weight is 320 g/mol. The lowest BCUT2D eigenvalue weighted by Gasteiger charge is -2.14. The Hall–Kier alpha value is -2.27. The Bertz CT molecular complexity index is 647. The predicted molar refractivity (Wildman–Crippen MR) is 87.3 cm³/mol. The van der Waals surface area contributed by atoms with Gasteiger partial charge in [0.2, 0.25) is 5.88 Å². The summed E-state index contributed by atoms with van der Waals surface area (Å²) in [4.78, 5) is 16.1. The van der Waals surface area contributed by atoms with Gasteiger partial charge in [0.05, 0.1) is 6.10 Å². The third-order valence-corrected chi connectivity index (χ3v) is 2.94. The van der Waals surface area contributed by atoms with Gasteiger partial charge in [-0.15, -0.1) is 0 Å². The van der Waals surface area contributed by atoms with Crippen LogP contribution in [0.5, 0.6) is 5.88 Å². The maximum Gasteiger partial charge on any atom is 0.319 e. The molecule has 1 heterocycles. The predicted octanol–water partition coefficient (Wildman–Crippen LogP) is 3.84. The highest BCUT2D eigenvalue weighted by molar-refractivity contribution is 6.30. The molecule has 0 fully saturated rings. The summed E-state index contributed by atoms with van der Waals surface area (Å²) in [6.45, 7) is 4.18. The van der Waals surface area contributed by atoms with Crippen LogP contribution in [0.15, 0.2) is 42.6 Å². The van der Waals surface area contributed by atoms with Crippen molar-refractivity contribution in [3.05, 3.63) is 53.2 Å². The number of rotatable bonds is 5. The van der Waals surface area contributed by atoms with E-state index >= 15 is 0 Å². The lowest BCUT2D eigenvalue weighted by molar-refractivity contribution is 0.233. The van der Waals surface area contributed by atoms with E-state index in [2.05, 4.69) is 15.6 Å². The summed E-state index contributed by atoms with van der Waals surface area (Å²) in [6, 6.07) is 10.5. The molecule has 0 radical (unpaired) electrons. The van der Waals surface area contributed by atoms with E-state index in [1.165, 1.54) is 0 Å². The number of ether oxygens (including phenoxy) is 1. The zero-order chi connectivity index (χ0) is 15.9. The van der Waals surface area contributed by atoms with Crippen LogP contribution >= 0.6 is 11.6 Å². The first-order valence-electron chi connectivity index (χ1n) is 6.95. The van der Waals surface area contributed by atoms with E-state index in [0.717, 1.165) is 5.56 Å². The zero-order valence-electron chi connectivity index (χ0n) is 12.5. The van der Waals surface area contributed by atoms with E-state index < -0.39 is 0 Å². The van der Waals surface area contributed by atoms with Crippen molar-refractivity contribution in [2.75, 3.05) is 5.32 Å². The normalized spacial score (nSPS) is 10.4. The first-order valence-corrected chi connectivity index (χ1v) is 7.33.